The van der Waals surface area contributed by atoms with Gasteiger partial charge in [0.25, 0.3) is 5.91 Å². The molecule has 0 atom stereocenters. The van der Waals surface area contributed by atoms with Crippen molar-refractivity contribution < 1.29 is 14.3 Å². The van der Waals surface area contributed by atoms with Crippen LogP contribution < -0.4 is 14.8 Å². The molecule has 0 saturated heterocycles. The molecule has 2 aromatic rings. The fraction of sp³-hybridized carbons (Fsp3) is 0.238. The Kier molecular flexibility index (Phi) is 6.40. The molecular weight excluding hydrogens is 328 g/mol. The Morgan fingerprint density at radius 1 is 1.23 bits per heavy atom. The van der Waals surface area contributed by atoms with E-state index in [1.54, 1.807) is 25.3 Å². The first-order chi connectivity index (χ1) is 12.5. The first kappa shape index (κ1) is 19.1. The highest BCUT2D eigenvalue weighted by Gasteiger charge is 2.12. The number of nitriles is 1. The SMILES string of the molecule is CCOc1cc(/C=C(\C#N)C(=O)Nc2cccc(C)c2C)ccc1OC. The molecule has 5 heteroatoms. The zero-order valence-corrected chi connectivity index (χ0v) is 15.4. The summed E-state index contributed by atoms with van der Waals surface area (Å²) in [7, 11) is 1.56. The van der Waals surface area contributed by atoms with E-state index in [-0.39, 0.29) is 5.57 Å². The molecule has 0 radical (unpaired) electrons. The molecule has 26 heavy (non-hydrogen) atoms. The predicted molar refractivity (Wildman–Crippen MR) is 102 cm³/mol. The molecule has 0 unspecified atom stereocenters. The fourth-order valence-electron chi connectivity index (χ4n) is 2.44. The summed E-state index contributed by atoms with van der Waals surface area (Å²) >= 11 is 0. The van der Waals surface area contributed by atoms with Gasteiger partial charge in [0.2, 0.25) is 0 Å². The first-order valence-electron chi connectivity index (χ1n) is 8.30. The molecule has 0 saturated carbocycles. The summed E-state index contributed by atoms with van der Waals surface area (Å²) in [5.74, 6) is 0.716. The topological polar surface area (TPSA) is 71.3 Å². The van der Waals surface area contributed by atoms with Gasteiger partial charge in [0.1, 0.15) is 11.6 Å². The second-order valence-electron chi connectivity index (χ2n) is 5.71. The molecule has 1 amide bonds. The van der Waals surface area contributed by atoms with Crippen LogP contribution in [0.5, 0.6) is 11.5 Å². The maximum absolute atomic E-state index is 12.5. The van der Waals surface area contributed by atoms with E-state index in [1.807, 2.05) is 45.0 Å². The first-order valence-corrected chi connectivity index (χ1v) is 8.30. The van der Waals surface area contributed by atoms with Crippen molar-refractivity contribution >= 4 is 17.7 Å². The molecule has 0 heterocycles. The average Bonchev–Trinajstić information content (AvgIpc) is 2.64. The number of rotatable bonds is 6. The number of methoxy groups -OCH3 is 1. The van der Waals surface area contributed by atoms with Gasteiger partial charge < -0.3 is 14.8 Å². The minimum absolute atomic E-state index is 0.0125. The van der Waals surface area contributed by atoms with Crippen LogP contribution >= 0.6 is 0 Å². The fourth-order valence-corrected chi connectivity index (χ4v) is 2.44. The summed E-state index contributed by atoms with van der Waals surface area (Å²) in [4.78, 5) is 12.5. The second-order valence-corrected chi connectivity index (χ2v) is 5.71. The van der Waals surface area contributed by atoms with Crippen molar-refractivity contribution in [2.75, 3.05) is 19.0 Å². The summed E-state index contributed by atoms with van der Waals surface area (Å²) in [5, 5.41) is 12.2. The van der Waals surface area contributed by atoms with Crippen LogP contribution in [0.25, 0.3) is 6.08 Å². The third-order valence-corrected chi connectivity index (χ3v) is 4.02. The number of anilines is 1. The van der Waals surface area contributed by atoms with Crippen molar-refractivity contribution in [3.8, 4) is 17.6 Å². The Morgan fingerprint density at radius 3 is 2.65 bits per heavy atom. The van der Waals surface area contributed by atoms with Gasteiger partial charge in [0, 0.05) is 5.69 Å². The molecule has 2 aromatic carbocycles. The molecular formula is C21H22N2O3. The molecule has 134 valence electrons. The molecule has 0 fully saturated rings. The van der Waals surface area contributed by atoms with Gasteiger partial charge in [-0.2, -0.15) is 5.26 Å². The summed E-state index contributed by atoms with van der Waals surface area (Å²) in [5.41, 5.74) is 3.43. The van der Waals surface area contributed by atoms with Crippen LogP contribution in [0.1, 0.15) is 23.6 Å². The van der Waals surface area contributed by atoms with Gasteiger partial charge >= 0.3 is 0 Å². The Labute approximate surface area is 153 Å². The lowest BCUT2D eigenvalue weighted by Crippen LogP contribution is -2.14. The maximum Gasteiger partial charge on any atom is 0.266 e. The summed E-state index contributed by atoms with van der Waals surface area (Å²) in [6.07, 6.45) is 1.53. The highest BCUT2D eigenvalue weighted by atomic mass is 16.5. The smallest absolute Gasteiger partial charge is 0.266 e. The number of hydrogen-bond donors (Lipinski definition) is 1. The van der Waals surface area contributed by atoms with Crippen LogP contribution in [0.4, 0.5) is 5.69 Å². The minimum atomic E-state index is -0.449. The van der Waals surface area contributed by atoms with Crippen molar-refractivity contribution in [2.24, 2.45) is 0 Å². The van der Waals surface area contributed by atoms with Crippen LogP contribution in [0, 0.1) is 25.2 Å². The average molecular weight is 350 g/mol. The van der Waals surface area contributed by atoms with Crippen molar-refractivity contribution in [3.63, 3.8) is 0 Å². The van der Waals surface area contributed by atoms with Crippen LogP contribution in [0.2, 0.25) is 0 Å². The summed E-state index contributed by atoms with van der Waals surface area (Å²) < 4.78 is 10.8. The monoisotopic (exact) mass is 350 g/mol. The molecule has 0 aromatic heterocycles. The number of aryl methyl sites for hydroxylation is 1. The largest absolute Gasteiger partial charge is 0.493 e. The molecule has 1 N–H and O–H groups in total. The van der Waals surface area contributed by atoms with Crippen molar-refractivity contribution in [1.82, 2.24) is 0 Å². The van der Waals surface area contributed by atoms with E-state index in [2.05, 4.69) is 5.32 Å². The lowest BCUT2D eigenvalue weighted by atomic mass is 10.1. The Hall–Kier alpha value is -3.26. The lowest BCUT2D eigenvalue weighted by molar-refractivity contribution is -0.112. The quantitative estimate of drug-likeness (QED) is 0.624. The third-order valence-electron chi connectivity index (χ3n) is 4.02. The van der Waals surface area contributed by atoms with Gasteiger partial charge in [-0.15, -0.1) is 0 Å². The number of nitrogens with zero attached hydrogens (tertiary/aromatic N) is 1. The third kappa shape index (κ3) is 4.42. The van der Waals surface area contributed by atoms with Crippen molar-refractivity contribution in [2.45, 2.75) is 20.8 Å². The van der Waals surface area contributed by atoms with E-state index >= 15 is 0 Å². The van der Waals surface area contributed by atoms with Gasteiger partial charge in [-0.1, -0.05) is 18.2 Å². The van der Waals surface area contributed by atoms with Crippen LogP contribution in [-0.4, -0.2) is 19.6 Å². The number of nitrogens with one attached hydrogen (secondary N) is 1. The lowest BCUT2D eigenvalue weighted by Gasteiger charge is -2.11. The van der Waals surface area contributed by atoms with Gasteiger partial charge in [0.05, 0.1) is 13.7 Å². The van der Waals surface area contributed by atoms with Gasteiger partial charge in [0.15, 0.2) is 11.5 Å². The number of amides is 1. The van der Waals surface area contributed by atoms with Crippen molar-refractivity contribution in [3.05, 3.63) is 58.7 Å². The highest BCUT2D eigenvalue weighted by molar-refractivity contribution is 6.10. The van der Waals surface area contributed by atoms with E-state index in [9.17, 15) is 10.1 Å². The molecule has 0 aliphatic rings. The van der Waals surface area contributed by atoms with E-state index in [1.165, 1.54) is 6.08 Å². The normalized spacial score (nSPS) is 10.8. The maximum atomic E-state index is 12.5. The molecule has 0 bridgehead atoms. The number of carbonyl (C=O) groups is 1. The zero-order chi connectivity index (χ0) is 19.1. The molecule has 0 spiro atoms. The number of carbonyl (C=O) groups excluding carboxylic acids is 1. The van der Waals surface area contributed by atoms with E-state index in [0.29, 0.717) is 29.4 Å². The van der Waals surface area contributed by atoms with Crippen molar-refractivity contribution in [1.29, 1.82) is 5.26 Å². The van der Waals surface area contributed by atoms with Crippen LogP contribution in [-0.2, 0) is 4.79 Å². The van der Waals surface area contributed by atoms with Gasteiger partial charge in [-0.25, -0.2) is 0 Å². The Balaban J connectivity index is 2.29. The number of benzene rings is 2. The summed E-state index contributed by atoms with van der Waals surface area (Å²) in [6.45, 7) is 6.26. The second kappa shape index (κ2) is 8.72. The molecule has 5 nitrogen and oxygen atoms in total. The van der Waals surface area contributed by atoms with Crippen LogP contribution in [0.15, 0.2) is 42.0 Å². The van der Waals surface area contributed by atoms with E-state index in [4.69, 9.17) is 9.47 Å². The zero-order valence-electron chi connectivity index (χ0n) is 15.4. The number of hydrogen-bond acceptors (Lipinski definition) is 4. The standard InChI is InChI=1S/C21H22N2O3/c1-5-26-20-12-16(9-10-19(20)25-4)11-17(13-22)21(24)23-18-8-6-7-14(2)15(18)3/h6-12H,5H2,1-4H3,(H,23,24)/b17-11+. The van der Waals surface area contributed by atoms with Crippen LogP contribution in [0.3, 0.4) is 0 Å². The van der Waals surface area contributed by atoms with Gasteiger partial charge in [-0.05, 0) is 61.7 Å². The predicted octanol–water partition coefficient (Wildman–Crippen LogP) is 4.26. The summed E-state index contributed by atoms with van der Waals surface area (Å²) in [6, 6.07) is 12.9. The highest BCUT2D eigenvalue weighted by Crippen LogP contribution is 2.29. The molecule has 2 rings (SSSR count). The van der Waals surface area contributed by atoms with E-state index in [0.717, 1.165) is 11.1 Å². The molecule has 0 aliphatic heterocycles. The molecule has 0 aliphatic carbocycles. The Morgan fingerprint density at radius 2 is 2.00 bits per heavy atom. The minimum Gasteiger partial charge on any atom is -0.493 e. The Bertz CT molecular complexity index is 879. The van der Waals surface area contributed by atoms with Gasteiger partial charge in [-0.3, -0.25) is 4.79 Å². The number of ether oxygens (including phenoxy) is 2. The van der Waals surface area contributed by atoms with E-state index < -0.39 is 5.91 Å².